The van der Waals surface area contributed by atoms with Crippen LogP contribution in [0.5, 0.6) is 5.75 Å². The molecule has 0 aliphatic rings. The average molecular weight is 219 g/mol. The van der Waals surface area contributed by atoms with Gasteiger partial charge in [-0.05, 0) is 25.6 Å². The molecule has 3 heteroatoms. The molecule has 0 fully saturated rings. The zero-order valence-corrected chi connectivity index (χ0v) is 9.91. The van der Waals surface area contributed by atoms with Crippen molar-refractivity contribution >= 4 is 11.0 Å². The van der Waals surface area contributed by atoms with Gasteiger partial charge in [0.05, 0.1) is 13.2 Å². The highest BCUT2D eigenvalue weighted by molar-refractivity contribution is 5.83. The molecule has 0 spiro atoms. The molecule has 0 bridgehead atoms. The Balaban J connectivity index is 2.43. The second-order valence-electron chi connectivity index (χ2n) is 3.81. The van der Waals surface area contributed by atoms with E-state index < -0.39 is 0 Å². The molecule has 0 amide bonds. The summed E-state index contributed by atoms with van der Waals surface area (Å²) in [5.41, 5.74) is 0.824. The Morgan fingerprint density at radius 2 is 2.25 bits per heavy atom. The van der Waals surface area contributed by atoms with Crippen molar-refractivity contribution in [1.82, 2.24) is 5.32 Å². The topological polar surface area (TPSA) is 34.4 Å². The lowest BCUT2D eigenvalue weighted by Crippen LogP contribution is -2.16. The average Bonchev–Trinajstić information content (AvgIpc) is 2.72. The van der Waals surface area contributed by atoms with Crippen LogP contribution in [0.4, 0.5) is 0 Å². The van der Waals surface area contributed by atoms with E-state index in [0.29, 0.717) is 0 Å². The maximum absolute atomic E-state index is 5.82. The number of ether oxygens (including phenoxy) is 1. The lowest BCUT2D eigenvalue weighted by Gasteiger charge is -2.07. The third-order valence-corrected chi connectivity index (χ3v) is 2.68. The molecule has 3 nitrogen and oxygen atoms in total. The van der Waals surface area contributed by atoms with Gasteiger partial charge in [-0.25, -0.2) is 0 Å². The van der Waals surface area contributed by atoms with Crippen LogP contribution in [0.2, 0.25) is 0 Å². The van der Waals surface area contributed by atoms with Crippen LogP contribution in [0.15, 0.2) is 28.7 Å². The SMILES string of the molecule is CCNC(C)c1cc2cccc(OC)c2o1. The third-order valence-electron chi connectivity index (χ3n) is 2.68. The summed E-state index contributed by atoms with van der Waals surface area (Å²) in [4.78, 5) is 0. The maximum Gasteiger partial charge on any atom is 0.176 e. The van der Waals surface area contributed by atoms with Crippen LogP contribution in [-0.4, -0.2) is 13.7 Å². The van der Waals surface area contributed by atoms with Gasteiger partial charge in [0.25, 0.3) is 0 Å². The highest BCUT2D eigenvalue weighted by Crippen LogP contribution is 2.30. The molecular weight excluding hydrogens is 202 g/mol. The fourth-order valence-corrected chi connectivity index (χ4v) is 1.84. The summed E-state index contributed by atoms with van der Waals surface area (Å²) in [6.45, 7) is 5.10. The van der Waals surface area contributed by atoms with Gasteiger partial charge < -0.3 is 14.5 Å². The van der Waals surface area contributed by atoms with E-state index in [9.17, 15) is 0 Å². The smallest absolute Gasteiger partial charge is 0.176 e. The second kappa shape index (κ2) is 4.58. The van der Waals surface area contributed by atoms with Gasteiger partial charge in [0.2, 0.25) is 0 Å². The Bertz CT molecular complexity index is 476. The number of benzene rings is 1. The van der Waals surface area contributed by atoms with E-state index in [2.05, 4.69) is 25.2 Å². The van der Waals surface area contributed by atoms with E-state index in [1.54, 1.807) is 7.11 Å². The van der Waals surface area contributed by atoms with Crippen molar-refractivity contribution < 1.29 is 9.15 Å². The zero-order chi connectivity index (χ0) is 11.5. The highest BCUT2D eigenvalue weighted by atomic mass is 16.5. The summed E-state index contributed by atoms with van der Waals surface area (Å²) in [6, 6.07) is 8.20. The first-order valence-corrected chi connectivity index (χ1v) is 5.56. The molecule has 16 heavy (non-hydrogen) atoms. The van der Waals surface area contributed by atoms with Crippen molar-refractivity contribution in [3.63, 3.8) is 0 Å². The Hall–Kier alpha value is -1.48. The molecule has 2 rings (SSSR count). The summed E-state index contributed by atoms with van der Waals surface area (Å²) in [5, 5.41) is 4.41. The van der Waals surface area contributed by atoms with Crippen molar-refractivity contribution in [2.75, 3.05) is 13.7 Å². The van der Waals surface area contributed by atoms with Crippen LogP contribution in [0.25, 0.3) is 11.0 Å². The Labute approximate surface area is 95.4 Å². The van der Waals surface area contributed by atoms with E-state index in [4.69, 9.17) is 9.15 Å². The lowest BCUT2D eigenvalue weighted by molar-refractivity contribution is 0.401. The van der Waals surface area contributed by atoms with E-state index >= 15 is 0 Å². The van der Waals surface area contributed by atoms with Crippen LogP contribution in [-0.2, 0) is 0 Å². The summed E-state index contributed by atoms with van der Waals surface area (Å²) in [5.74, 6) is 1.73. The predicted octanol–water partition coefficient (Wildman–Crippen LogP) is 3.11. The van der Waals surface area contributed by atoms with E-state index in [1.165, 1.54) is 0 Å². The Morgan fingerprint density at radius 1 is 1.44 bits per heavy atom. The van der Waals surface area contributed by atoms with Gasteiger partial charge in [-0.15, -0.1) is 0 Å². The van der Waals surface area contributed by atoms with Crippen molar-refractivity contribution in [2.24, 2.45) is 0 Å². The highest BCUT2D eigenvalue weighted by Gasteiger charge is 2.12. The molecule has 0 radical (unpaired) electrons. The number of hydrogen-bond acceptors (Lipinski definition) is 3. The minimum atomic E-state index is 0.224. The van der Waals surface area contributed by atoms with Gasteiger partial charge >= 0.3 is 0 Å². The number of methoxy groups -OCH3 is 1. The molecule has 86 valence electrons. The normalized spacial score (nSPS) is 12.9. The van der Waals surface area contributed by atoms with Crippen LogP contribution < -0.4 is 10.1 Å². The van der Waals surface area contributed by atoms with E-state index in [-0.39, 0.29) is 6.04 Å². The summed E-state index contributed by atoms with van der Waals surface area (Å²) >= 11 is 0. The number of rotatable bonds is 4. The van der Waals surface area contributed by atoms with Crippen molar-refractivity contribution in [3.8, 4) is 5.75 Å². The van der Waals surface area contributed by atoms with E-state index in [1.807, 2.05) is 18.2 Å². The molecule has 1 aromatic carbocycles. The summed E-state index contributed by atoms with van der Waals surface area (Å²) in [7, 11) is 1.66. The van der Waals surface area contributed by atoms with Crippen molar-refractivity contribution in [1.29, 1.82) is 0 Å². The molecule has 2 aromatic rings. The van der Waals surface area contributed by atoms with Gasteiger partial charge in [-0.2, -0.15) is 0 Å². The largest absolute Gasteiger partial charge is 0.493 e. The zero-order valence-electron chi connectivity index (χ0n) is 9.91. The monoisotopic (exact) mass is 219 g/mol. The number of hydrogen-bond donors (Lipinski definition) is 1. The Morgan fingerprint density at radius 3 is 2.94 bits per heavy atom. The molecule has 0 aliphatic carbocycles. The molecule has 0 saturated carbocycles. The number of fused-ring (bicyclic) bond motifs is 1. The van der Waals surface area contributed by atoms with Crippen LogP contribution >= 0.6 is 0 Å². The minimum absolute atomic E-state index is 0.224. The molecule has 0 saturated heterocycles. The van der Waals surface area contributed by atoms with Gasteiger partial charge in [0, 0.05) is 5.39 Å². The molecule has 1 N–H and O–H groups in total. The number of nitrogens with one attached hydrogen (secondary N) is 1. The fourth-order valence-electron chi connectivity index (χ4n) is 1.84. The molecule has 1 heterocycles. The quantitative estimate of drug-likeness (QED) is 0.858. The maximum atomic E-state index is 5.82. The predicted molar refractivity (Wildman–Crippen MR) is 64.9 cm³/mol. The lowest BCUT2D eigenvalue weighted by atomic mass is 10.2. The Kier molecular flexibility index (Phi) is 3.15. The summed E-state index contributed by atoms with van der Waals surface area (Å²) < 4.78 is 11.1. The first kappa shape index (κ1) is 11.0. The van der Waals surface area contributed by atoms with E-state index in [0.717, 1.165) is 29.0 Å². The summed E-state index contributed by atoms with van der Waals surface area (Å²) in [6.07, 6.45) is 0. The van der Waals surface area contributed by atoms with Crippen LogP contribution in [0.1, 0.15) is 25.6 Å². The first-order valence-electron chi connectivity index (χ1n) is 5.56. The van der Waals surface area contributed by atoms with Crippen molar-refractivity contribution in [3.05, 3.63) is 30.0 Å². The molecule has 1 atom stereocenters. The first-order chi connectivity index (χ1) is 7.76. The standard InChI is InChI=1S/C13H17NO2/c1-4-14-9(2)12-8-10-6-5-7-11(15-3)13(10)16-12/h5-9,14H,4H2,1-3H3. The van der Waals surface area contributed by atoms with Gasteiger partial charge in [0.1, 0.15) is 5.76 Å². The van der Waals surface area contributed by atoms with Gasteiger partial charge in [-0.1, -0.05) is 19.1 Å². The second-order valence-corrected chi connectivity index (χ2v) is 3.81. The van der Waals surface area contributed by atoms with Gasteiger partial charge in [0.15, 0.2) is 11.3 Å². The van der Waals surface area contributed by atoms with Crippen LogP contribution in [0, 0.1) is 0 Å². The fraction of sp³-hybridized carbons (Fsp3) is 0.385. The van der Waals surface area contributed by atoms with Gasteiger partial charge in [-0.3, -0.25) is 0 Å². The number of furan rings is 1. The molecular formula is C13H17NO2. The minimum Gasteiger partial charge on any atom is -0.493 e. The third kappa shape index (κ3) is 1.91. The number of para-hydroxylation sites is 1. The van der Waals surface area contributed by atoms with Crippen molar-refractivity contribution in [2.45, 2.75) is 19.9 Å². The van der Waals surface area contributed by atoms with Crippen LogP contribution in [0.3, 0.4) is 0 Å². The molecule has 0 aliphatic heterocycles. The molecule has 1 aromatic heterocycles. The molecule has 1 unspecified atom stereocenters.